The zero-order chi connectivity index (χ0) is 20.2. The van der Waals surface area contributed by atoms with Crippen molar-refractivity contribution in [2.75, 3.05) is 11.3 Å². The van der Waals surface area contributed by atoms with E-state index < -0.39 is 28.7 Å². The lowest BCUT2D eigenvalue weighted by Crippen LogP contribution is -2.33. The predicted octanol–water partition coefficient (Wildman–Crippen LogP) is 3.90. The van der Waals surface area contributed by atoms with Gasteiger partial charge in [0.15, 0.2) is 0 Å². The third-order valence-corrected chi connectivity index (χ3v) is 5.06. The maximum Gasteiger partial charge on any atom is 0.405 e. The highest BCUT2D eigenvalue weighted by atomic mass is 32.2. The maximum absolute atomic E-state index is 12.5. The molecule has 0 aliphatic heterocycles. The summed E-state index contributed by atoms with van der Waals surface area (Å²) in [7, 11) is -4.00. The van der Waals surface area contributed by atoms with Crippen LogP contribution in [0.1, 0.15) is 35.7 Å². The molecule has 146 valence electrons. The fraction of sp³-hybridized carbons (Fsp3) is 0.278. The highest BCUT2D eigenvalue weighted by Gasteiger charge is 2.28. The molecule has 5 nitrogen and oxygen atoms in total. The van der Waals surface area contributed by atoms with Crippen molar-refractivity contribution in [2.45, 2.75) is 30.8 Å². The monoisotopic (exact) mass is 400 g/mol. The van der Waals surface area contributed by atoms with Crippen molar-refractivity contribution in [1.29, 1.82) is 0 Å². The van der Waals surface area contributed by atoms with E-state index in [0.29, 0.717) is 11.6 Å². The van der Waals surface area contributed by atoms with E-state index in [-0.39, 0.29) is 10.5 Å². The van der Waals surface area contributed by atoms with Gasteiger partial charge in [-0.05, 0) is 41.8 Å². The average molecular weight is 400 g/mol. The lowest BCUT2D eigenvalue weighted by molar-refractivity contribution is -0.123. The smallest absolute Gasteiger partial charge is 0.343 e. The number of anilines is 1. The van der Waals surface area contributed by atoms with Gasteiger partial charge in [-0.1, -0.05) is 32.0 Å². The summed E-state index contributed by atoms with van der Waals surface area (Å²) in [6.45, 7) is 2.52. The molecule has 0 radical (unpaired) electrons. The zero-order valence-corrected chi connectivity index (χ0v) is 15.5. The Kier molecular flexibility index (Phi) is 6.15. The molecule has 0 aromatic heterocycles. The maximum atomic E-state index is 12.5. The van der Waals surface area contributed by atoms with Crippen LogP contribution in [0, 0.1) is 0 Å². The quantitative estimate of drug-likeness (QED) is 0.772. The first kappa shape index (κ1) is 20.8. The van der Waals surface area contributed by atoms with Crippen LogP contribution >= 0.6 is 0 Å². The number of halogens is 3. The van der Waals surface area contributed by atoms with E-state index in [4.69, 9.17) is 0 Å². The third-order valence-electron chi connectivity index (χ3n) is 3.69. The van der Waals surface area contributed by atoms with Crippen molar-refractivity contribution in [1.82, 2.24) is 5.32 Å². The summed E-state index contributed by atoms with van der Waals surface area (Å²) in [6.07, 6.45) is -4.55. The number of sulfonamides is 1. The fourth-order valence-electron chi connectivity index (χ4n) is 2.24. The number of hydrogen-bond donors (Lipinski definition) is 2. The first-order chi connectivity index (χ1) is 12.5. The number of amides is 1. The van der Waals surface area contributed by atoms with Crippen molar-refractivity contribution >= 4 is 21.6 Å². The highest BCUT2D eigenvalue weighted by molar-refractivity contribution is 7.92. The van der Waals surface area contributed by atoms with Gasteiger partial charge in [0, 0.05) is 11.3 Å². The molecule has 0 bridgehead atoms. The molecule has 0 spiro atoms. The molecule has 2 rings (SSSR count). The lowest BCUT2D eigenvalue weighted by Gasteiger charge is -2.12. The van der Waals surface area contributed by atoms with Gasteiger partial charge in [0.25, 0.3) is 15.9 Å². The minimum Gasteiger partial charge on any atom is -0.343 e. The number of rotatable bonds is 6. The molecule has 2 N–H and O–H groups in total. The molecule has 2 aromatic rings. The standard InChI is InChI=1S/C18H19F3N2O3S/c1-12(2)13-6-8-15(9-7-13)23-27(25,26)16-5-3-4-14(10-16)17(24)22-11-18(19,20)21/h3-10,12,23H,11H2,1-2H3,(H,22,24). The Bertz CT molecular complexity index is 908. The number of carbonyl (C=O) groups excluding carboxylic acids is 1. The van der Waals surface area contributed by atoms with Gasteiger partial charge in [-0.25, -0.2) is 8.42 Å². The minimum absolute atomic E-state index is 0.183. The van der Waals surface area contributed by atoms with Gasteiger partial charge in [-0.2, -0.15) is 13.2 Å². The summed E-state index contributed by atoms with van der Waals surface area (Å²) >= 11 is 0. The zero-order valence-electron chi connectivity index (χ0n) is 14.7. The van der Waals surface area contributed by atoms with E-state index in [1.807, 2.05) is 13.8 Å². The minimum atomic E-state index is -4.55. The molecule has 0 atom stereocenters. The van der Waals surface area contributed by atoms with Gasteiger partial charge < -0.3 is 5.32 Å². The molecule has 0 aliphatic carbocycles. The van der Waals surface area contributed by atoms with Crippen LogP contribution in [0.5, 0.6) is 0 Å². The van der Waals surface area contributed by atoms with Crippen LogP contribution in [0.25, 0.3) is 0 Å². The van der Waals surface area contributed by atoms with E-state index >= 15 is 0 Å². The average Bonchev–Trinajstić information content (AvgIpc) is 2.59. The molecular formula is C18H19F3N2O3S. The Hall–Kier alpha value is -2.55. The highest BCUT2D eigenvalue weighted by Crippen LogP contribution is 2.21. The number of hydrogen-bond acceptors (Lipinski definition) is 3. The van der Waals surface area contributed by atoms with Gasteiger partial charge in [0.2, 0.25) is 0 Å². The topological polar surface area (TPSA) is 75.3 Å². The second-order valence-electron chi connectivity index (χ2n) is 6.21. The molecule has 0 heterocycles. The summed E-state index contributed by atoms with van der Waals surface area (Å²) in [5, 5.41) is 1.70. The van der Waals surface area contributed by atoms with Crippen LogP contribution in [0.4, 0.5) is 18.9 Å². The normalized spacial score (nSPS) is 12.1. The summed E-state index contributed by atoms with van der Waals surface area (Å²) in [4.78, 5) is 11.6. The summed E-state index contributed by atoms with van der Waals surface area (Å²) in [5.41, 5.74) is 1.20. The number of benzene rings is 2. The fourth-order valence-corrected chi connectivity index (χ4v) is 3.34. The van der Waals surface area contributed by atoms with Crippen LogP contribution in [0.3, 0.4) is 0 Å². The predicted molar refractivity (Wildman–Crippen MR) is 96.2 cm³/mol. The first-order valence-corrected chi connectivity index (χ1v) is 9.54. The molecule has 0 saturated carbocycles. The molecule has 0 fully saturated rings. The molecule has 1 amide bonds. The number of alkyl halides is 3. The summed E-state index contributed by atoms with van der Waals surface area (Å²) < 4.78 is 64.0. The van der Waals surface area contributed by atoms with Gasteiger partial charge in [-0.3, -0.25) is 9.52 Å². The van der Waals surface area contributed by atoms with E-state index in [1.165, 1.54) is 18.2 Å². The van der Waals surface area contributed by atoms with Crippen molar-refractivity contribution in [3.05, 3.63) is 59.7 Å². The molecule has 0 unspecified atom stereocenters. The molecule has 0 aliphatic rings. The third kappa shape index (κ3) is 5.99. The van der Waals surface area contributed by atoms with Crippen molar-refractivity contribution in [2.24, 2.45) is 0 Å². The molecule has 9 heteroatoms. The largest absolute Gasteiger partial charge is 0.405 e. The van der Waals surface area contributed by atoms with Gasteiger partial charge >= 0.3 is 6.18 Å². The van der Waals surface area contributed by atoms with Crippen LogP contribution < -0.4 is 10.0 Å². The van der Waals surface area contributed by atoms with Gasteiger partial charge in [0.1, 0.15) is 6.54 Å². The lowest BCUT2D eigenvalue weighted by atomic mass is 10.0. The van der Waals surface area contributed by atoms with Crippen LogP contribution in [0.2, 0.25) is 0 Å². The Balaban J connectivity index is 2.17. The van der Waals surface area contributed by atoms with Crippen molar-refractivity contribution < 1.29 is 26.4 Å². The SMILES string of the molecule is CC(C)c1ccc(NS(=O)(=O)c2cccc(C(=O)NCC(F)(F)F)c2)cc1. The van der Waals surface area contributed by atoms with Crippen molar-refractivity contribution in [3.63, 3.8) is 0 Å². The Labute approximate surface area is 155 Å². The molecule has 27 heavy (non-hydrogen) atoms. The van der Waals surface area contributed by atoms with Gasteiger partial charge in [-0.15, -0.1) is 0 Å². The Morgan fingerprint density at radius 2 is 1.70 bits per heavy atom. The van der Waals surface area contributed by atoms with E-state index in [9.17, 15) is 26.4 Å². The van der Waals surface area contributed by atoms with Crippen LogP contribution in [-0.4, -0.2) is 27.0 Å². The second-order valence-corrected chi connectivity index (χ2v) is 7.89. The van der Waals surface area contributed by atoms with E-state index in [0.717, 1.165) is 11.6 Å². The molecular weight excluding hydrogens is 381 g/mol. The number of carbonyl (C=O) groups is 1. The summed E-state index contributed by atoms with van der Waals surface area (Å²) in [5.74, 6) is -0.715. The second kappa shape index (κ2) is 7.99. The molecule has 0 saturated heterocycles. The van der Waals surface area contributed by atoms with Crippen LogP contribution in [-0.2, 0) is 10.0 Å². The molecule has 2 aromatic carbocycles. The van der Waals surface area contributed by atoms with Crippen LogP contribution in [0.15, 0.2) is 53.4 Å². The van der Waals surface area contributed by atoms with E-state index in [2.05, 4.69) is 4.72 Å². The van der Waals surface area contributed by atoms with E-state index in [1.54, 1.807) is 29.6 Å². The summed E-state index contributed by atoms with van der Waals surface area (Å²) in [6, 6.07) is 11.6. The Morgan fingerprint density at radius 3 is 2.26 bits per heavy atom. The van der Waals surface area contributed by atoms with Gasteiger partial charge in [0.05, 0.1) is 4.90 Å². The first-order valence-electron chi connectivity index (χ1n) is 8.06. The Morgan fingerprint density at radius 1 is 1.07 bits per heavy atom. The number of nitrogens with one attached hydrogen (secondary N) is 2. The van der Waals surface area contributed by atoms with Crippen molar-refractivity contribution in [3.8, 4) is 0 Å².